The van der Waals surface area contributed by atoms with Crippen molar-refractivity contribution < 1.29 is 13.6 Å². The number of carbonyl (C=O) groups is 1. The van der Waals surface area contributed by atoms with Gasteiger partial charge in [-0.3, -0.25) is 10.1 Å². The fourth-order valence-corrected chi connectivity index (χ4v) is 5.55. The zero-order chi connectivity index (χ0) is 28.5. The normalized spacial score (nSPS) is 11.4. The second kappa shape index (κ2) is 11.5. The van der Waals surface area contributed by atoms with Crippen molar-refractivity contribution in [3.05, 3.63) is 111 Å². The highest BCUT2D eigenvalue weighted by molar-refractivity contribution is 9.10. The van der Waals surface area contributed by atoms with Crippen LogP contribution in [0, 0.1) is 0 Å². The third kappa shape index (κ3) is 5.92. The Morgan fingerprint density at radius 1 is 0.902 bits per heavy atom. The maximum atomic E-state index is 12.5. The summed E-state index contributed by atoms with van der Waals surface area (Å²) in [4.78, 5) is 17.2. The molecule has 202 valence electrons. The van der Waals surface area contributed by atoms with Crippen molar-refractivity contribution in [1.82, 2.24) is 10.3 Å². The number of carbonyl (C=O) groups excluding carboxylic acids is 1. The fraction of sp³-hybridized carbons (Fsp3) is 0. The molecule has 6 rings (SSSR count). The first kappa shape index (κ1) is 27.2. The molecule has 0 aliphatic heterocycles. The Balaban J connectivity index is 1.12. The second-order valence-corrected chi connectivity index (χ2v) is 11.1. The van der Waals surface area contributed by atoms with E-state index in [9.17, 15) is 4.79 Å². The smallest absolute Gasteiger partial charge is 0.250 e. The summed E-state index contributed by atoms with van der Waals surface area (Å²) in [5, 5.41) is 8.88. The number of thiocarbonyl (C=S) groups is 1. The topological polar surface area (TPSA) is 80.3 Å². The van der Waals surface area contributed by atoms with Gasteiger partial charge in [0.15, 0.2) is 10.7 Å². The fourth-order valence-electron chi connectivity index (χ4n) is 4.33. The monoisotopic (exact) mass is 661 g/mol. The summed E-state index contributed by atoms with van der Waals surface area (Å²) >= 11 is 21.2. The van der Waals surface area contributed by atoms with Gasteiger partial charge in [-0.15, -0.1) is 0 Å². The number of nitrogens with one attached hydrogen (secondary N) is 2. The Kier molecular flexibility index (Phi) is 7.64. The molecule has 6 nitrogen and oxygen atoms in total. The molecule has 0 saturated heterocycles. The highest BCUT2D eigenvalue weighted by Crippen LogP contribution is 2.34. The van der Waals surface area contributed by atoms with Crippen molar-refractivity contribution in [2.24, 2.45) is 0 Å². The molecule has 1 amide bonds. The van der Waals surface area contributed by atoms with Crippen LogP contribution >= 0.6 is 51.3 Å². The first-order valence-corrected chi connectivity index (χ1v) is 14.2. The van der Waals surface area contributed by atoms with E-state index >= 15 is 0 Å². The van der Waals surface area contributed by atoms with Gasteiger partial charge in [-0.2, -0.15) is 0 Å². The molecule has 41 heavy (non-hydrogen) atoms. The van der Waals surface area contributed by atoms with Crippen LogP contribution in [0.15, 0.2) is 104 Å². The van der Waals surface area contributed by atoms with E-state index in [0.29, 0.717) is 49.8 Å². The first-order chi connectivity index (χ1) is 19.8. The van der Waals surface area contributed by atoms with Crippen LogP contribution in [-0.2, 0) is 4.79 Å². The van der Waals surface area contributed by atoms with Crippen molar-refractivity contribution in [1.29, 1.82) is 0 Å². The van der Waals surface area contributed by atoms with Gasteiger partial charge >= 0.3 is 0 Å². The molecule has 2 heterocycles. The molecule has 0 aliphatic rings. The van der Waals surface area contributed by atoms with E-state index in [1.807, 2.05) is 42.5 Å². The van der Waals surface area contributed by atoms with Gasteiger partial charge in [0.1, 0.15) is 17.0 Å². The van der Waals surface area contributed by atoms with Gasteiger partial charge in [-0.05, 0) is 89.7 Å². The maximum Gasteiger partial charge on any atom is 0.250 e. The number of amides is 1. The average Bonchev–Trinajstić information content (AvgIpc) is 3.59. The van der Waals surface area contributed by atoms with E-state index in [0.717, 1.165) is 20.8 Å². The number of rotatable bonds is 5. The summed E-state index contributed by atoms with van der Waals surface area (Å²) in [6.07, 6.45) is 2.87. The molecule has 0 fully saturated rings. The number of oxazole rings is 1. The van der Waals surface area contributed by atoms with Gasteiger partial charge in [-0.1, -0.05) is 63.4 Å². The summed E-state index contributed by atoms with van der Waals surface area (Å²) in [5.74, 6) is 1.13. The standard InChI is InChI=1S/C31H18BrCl2N3O3S/c32-24-6-2-3-20-21(24)4-1-5-22(20)30-36-26-16-18(8-12-28(26)40-30)35-31(41)37-29(38)14-10-19-9-13-27(39-19)23-11-7-17(33)15-25(23)34/h1-16H,(H2,35,37,38,41)/b14-10+. The zero-order valence-corrected chi connectivity index (χ0v) is 24.9. The summed E-state index contributed by atoms with van der Waals surface area (Å²) in [6, 6.07) is 26.1. The van der Waals surface area contributed by atoms with Crippen LogP contribution in [0.4, 0.5) is 5.69 Å². The van der Waals surface area contributed by atoms with Crippen LogP contribution in [0.3, 0.4) is 0 Å². The van der Waals surface area contributed by atoms with E-state index in [1.54, 1.807) is 48.5 Å². The molecule has 0 bridgehead atoms. The van der Waals surface area contributed by atoms with Gasteiger partial charge in [-0.25, -0.2) is 4.98 Å². The van der Waals surface area contributed by atoms with E-state index in [2.05, 4.69) is 26.6 Å². The highest BCUT2D eigenvalue weighted by atomic mass is 79.9. The second-order valence-electron chi connectivity index (χ2n) is 8.94. The lowest BCUT2D eigenvalue weighted by molar-refractivity contribution is -0.115. The molecular formula is C31H18BrCl2N3O3S. The van der Waals surface area contributed by atoms with Crippen molar-refractivity contribution in [3.63, 3.8) is 0 Å². The molecule has 0 radical (unpaired) electrons. The summed E-state index contributed by atoms with van der Waals surface area (Å²) in [7, 11) is 0. The largest absolute Gasteiger partial charge is 0.457 e. The molecule has 2 N–H and O–H groups in total. The summed E-state index contributed by atoms with van der Waals surface area (Å²) in [5.41, 5.74) is 3.53. The molecule has 0 aliphatic carbocycles. The predicted molar refractivity (Wildman–Crippen MR) is 172 cm³/mol. The number of hydrogen-bond acceptors (Lipinski definition) is 5. The zero-order valence-electron chi connectivity index (χ0n) is 21.0. The van der Waals surface area contributed by atoms with Crippen LogP contribution in [0.2, 0.25) is 10.0 Å². The lowest BCUT2D eigenvalue weighted by Crippen LogP contribution is -2.32. The minimum absolute atomic E-state index is 0.134. The third-order valence-electron chi connectivity index (χ3n) is 6.20. The quantitative estimate of drug-likeness (QED) is 0.141. The van der Waals surface area contributed by atoms with E-state index in [1.165, 1.54) is 6.08 Å². The molecule has 0 unspecified atom stereocenters. The Labute approximate surface area is 258 Å². The summed E-state index contributed by atoms with van der Waals surface area (Å²) in [6.45, 7) is 0. The van der Waals surface area contributed by atoms with Gasteiger partial charge in [0.05, 0.1) is 5.02 Å². The molecule has 2 aromatic heterocycles. The van der Waals surface area contributed by atoms with Gasteiger partial charge in [0, 0.05) is 32.4 Å². The number of benzene rings is 4. The number of hydrogen-bond donors (Lipinski definition) is 2. The number of nitrogens with zero attached hydrogens (tertiary/aromatic N) is 1. The number of furan rings is 1. The van der Waals surface area contributed by atoms with E-state index in [4.69, 9.17) is 49.2 Å². The minimum atomic E-state index is -0.420. The van der Waals surface area contributed by atoms with Crippen LogP contribution in [0.5, 0.6) is 0 Å². The molecule has 4 aromatic carbocycles. The molecule has 0 atom stereocenters. The molecule has 6 aromatic rings. The number of anilines is 1. The van der Waals surface area contributed by atoms with Crippen molar-refractivity contribution >= 4 is 96.0 Å². The van der Waals surface area contributed by atoms with Crippen molar-refractivity contribution in [3.8, 4) is 22.8 Å². The lowest BCUT2D eigenvalue weighted by Gasteiger charge is -2.07. The maximum absolute atomic E-state index is 12.5. The average molecular weight is 663 g/mol. The van der Waals surface area contributed by atoms with Crippen LogP contribution in [0.1, 0.15) is 5.76 Å². The molecule has 0 spiro atoms. The lowest BCUT2D eigenvalue weighted by atomic mass is 10.0. The van der Waals surface area contributed by atoms with Crippen LogP contribution < -0.4 is 10.6 Å². The van der Waals surface area contributed by atoms with Crippen molar-refractivity contribution in [2.45, 2.75) is 0 Å². The minimum Gasteiger partial charge on any atom is -0.457 e. The van der Waals surface area contributed by atoms with Gasteiger partial charge in [0.25, 0.3) is 0 Å². The van der Waals surface area contributed by atoms with Crippen LogP contribution in [-0.4, -0.2) is 16.0 Å². The Hall–Kier alpha value is -3.95. The van der Waals surface area contributed by atoms with Crippen molar-refractivity contribution in [2.75, 3.05) is 5.32 Å². The predicted octanol–water partition coefficient (Wildman–Crippen LogP) is 9.50. The Bertz CT molecular complexity index is 2000. The van der Waals surface area contributed by atoms with Gasteiger partial charge in [0.2, 0.25) is 11.8 Å². The molecular weight excluding hydrogens is 645 g/mol. The first-order valence-electron chi connectivity index (χ1n) is 12.3. The summed E-state index contributed by atoms with van der Waals surface area (Å²) < 4.78 is 12.8. The van der Waals surface area contributed by atoms with Gasteiger partial charge < -0.3 is 14.2 Å². The molecule has 10 heteroatoms. The Morgan fingerprint density at radius 2 is 1.73 bits per heavy atom. The number of fused-ring (bicyclic) bond motifs is 2. The highest BCUT2D eigenvalue weighted by Gasteiger charge is 2.14. The van der Waals surface area contributed by atoms with E-state index in [-0.39, 0.29) is 5.11 Å². The van der Waals surface area contributed by atoms with E-state index < -0.39 is 5.91 Å². The SMILES string of the molecule is O=C(/C=C/c1ccc(-c2ccc(Cl)cc2Cl)o1)NC(=S)Nc1ccc2oc(-c3cccc4c(Br)cccc34)nc2c1. The third-order valence-corrected chi connectivity index (χ3v) is 7.65. The van der Waals surface area contributed by atoms with Crippen LogP contribution in [0.25, 0.3) is 50.7 Å². The number of halogens is 3. The Morgan fingerprint density at radius 3 is 2.59 bits per heavy atom. The number of aromatic nitrogens is 1. The molecule has 0 saturated carbocycles.